The van der Waals surface area contributed by atoms with Crippen LogP contribution in [0, 0.1) is 5.82 Å². The quantitative estimate of drug-likeness (QED) is 0.634. The number of hydrogen-bond acceptors (Lipinski definition) is 3. The molecule has 1 aliphatic rings. The Hall–Kier alpha value is -1.91. The summed E-state index contributed by atoms with van der Waals surface area (Å²) in [6.45, 7) is 5.88. The molecule has 1 unspecified atom stereocenters. The number of carbonyl (C=O) groups excluding carboxylic acids is 1. The lowest BCUT2D eigenvalue weighted by atomic mass is 9.89. The van der Waals surface area contributed by atoms with E-state index >= 15 is 0 Å². The average Bonchev–Trinajstić information content (AvgIpc) is 2.37. The van der Waals surface area contributed by atoms with Crippen molar-refractivity contribution in [1.82, 2.24) is 4.90 Å². The van der Waals surface area contributed by atoms with Gasteiger partial charge in [-0.1, -0.05) is 17.3 Å². The van der Waals surface area contributed by atoms with Crippen molar-refractivity contribution in [3.05, 3.63) is 35.6 Å². The Morgan fingerprint density at radius 2 is 1.90 bits per heavy atom. The maximum atomic E-state index is 13.1. The number of nitrogens with zero attached hydrogens (tertiary/aromatic N) is 2. The van der Waals surface area contributed by atoms with E-state index in [9.17, 15) is 9.18 Å². The van der Waals surface area contributed by atoms with E-state index in [0.717, 1.165) is 5.56 Å². The molecule has 0 aromatic heterocycles. The lowest BCUT2D eigenvalue weighted by Gasteiger charge is -2.45. The molecule has 108 valence electrons. The largest absolute Gasteiger partial charge is 0.411 e. The topological polar surface area (TPSA) is 52.9 Å². The van der Waals surface area contributed by atoms with Crippen molar-refractivity contribution in [2.75, 3.05) is 0 Å². The normalized spacial score (nSPS) is 22.4. The SMILES string of the molecule is CC(C)(C)N1C(=O)CC(=NO)CC1c1ccc(F)cc1. The summed E-state index contributed by atoms with van der Waals surface area (Å²) in [5.74, 6) is -0.389. The number of benzene rings is 1. The van der Waals surface area contributed by atoms with Crippen LogP contribution in [0.3, 0.4) is 0 Å². The molecule has 0 saturated carbocycles. The number of oxime groups is 1. The highest BCUT2D eigenvalue weighted by Crippen LogP contribution is 2.35. The summed E-state index contributed by atoms with van der Waals surface area (Å²) in [5.41, 5.74) is 0.956. The Kier molecular flexibility index (Phi) is 3.79. The van der Waals surface area contributed by atoms with Gasteiger partial charge in [-0.2, -0.15) is 0 Å². The predicted octanol–water partition coefficient (Wildman–Crippen LogP) is 3.12. The van der Waals surface area contributed by atoms with Gasteiger partial charge in [0.05, 0.1) is 18.2 Å². The van der Waals surface area contributed by atoms with Crippen LogP contribution in [0.1, 0.15) is 45.2 Å². The molecule has 1 fully saturated rings. The Bertz CT molecular complexity index is 532. The minimum Gasteiger partial charge on any atom is -0.411 e. The number of carbonyl (C=O) groups is 1. The first-order valence-corrected chi connectivity index (χ1v) is 6.60. The summed E-state index contributed by atoms with van der Waals surface area (Å²) in [4.78, 5) is 14.1. The smallest absolute Gasteiger partial charge is 0.229 e. The summed E-state index contributed by atoms with van der Waals surface area (Å²) in [6, 6.07) is 5.87. The van der Waals surface area contributed by atoms with Crippen molar-refractivity contribution in [2.45, 2.75) is 45.2 Å². The molecule has 5 heteroatoms. The molecule has 1 N–H and O–H groups in total. The van der Waals surface area contributed by atoms with Crippen LogP contribution in [0.25, 0.3) is 0 Å². The van der Waals surface area contributed by atoms with Gasteiger partial charge in [0.15, 0.2) is 0 Å². The van der Waals surface area contributed by atoms with Gasteiger partial charge < -0.3 is 10.1 Å². The Labute approximate surface area is 117 Å². The first-order chi connectivity index (χ1) is 9.32. The molecule has 0 bridgehead atoms. The van der Waals surface area contributed by atoms with Crippen molar-refractivity contribution in [2.24, 2.45) is 5.16 Å². The van der Waals surface area contributed by atoms with E-state index in [1.54, 1.807) is 17.0 Å². The maximum Gasteiger partial charge on any atom is 0.229 e. The van der Waals surface area contributed by atoms with Crippen LogP contribution in [0.4, 0.5) is 4.39 Å². The lowest BCUT2D eigenvalue weighted by molar-refractivity contribution is -0.139. The zero-order chi connectivity index (χ0) is 14.9. The molecule has 1 heterocycles. The van der Waals surface area contributed by atoms with E-state index in [2.05, 4.69) is 5.16 Å². The molecular weight excluding hydrogens is 259 g/mol. The Morgan fingerprint density at radius 1 is 1.30 bits per heavy atom. The van der Waals surface area contributed by atoms with Gasteiger partial charge in [-0.3, -0.25) is 4.79 Å². The van der Waals surface area contributed by atoms with Gasteiger partial charge in [-0.15, -0.1) is 0 Å². The number of piperidine rings is 1. The molecule has 2 rings (SSSR count). The minimum atomic E-state index is -0.350. The third-order valence-corrected chi connectivity index (χ3v) is 3.48. The first-order valence-electron chi connectivity index (χ1n) is 6.60. The highest BCUT2D eigenvalue weighted by molar-refractivity contribution is 6.03. The van der Waals surface area contributed by atoms with Crippen molar-refractivity contribution in [3.8, 4) is 0 Å². The molecule has 0 aliphatic carbocycles. The fraction of sp³-hybridized carbons (Fsp3) is 0.467. The third kappa shape index (κ3) is 2.81. The van der Waals surface area contributed by atoms with Gasteiger partial charge in [0.25, 0.3) is 0 Å². The highest BCUT2D eigenvalue weighted by Gasteiger charge is 2.39. The molecule has 1 aromatic rings. The molecular formula is C15H19FN2O2. The molecule has 1 aliphatic heterocycles. The zero-order valence-electron chi connectivity index (χ0n) is 11.9. The van der Waals surface area contributed by atoms with Gasteiger partial charge in [0.1, 0.15) is 5.82 Å². The first kappa shape index (κ1) is 14.5. The standard InChI is InChI=1S/C15H19FN2O2/c1-15(2,3)18-13(8-12(17-20)9-14(18)19)10-4-6-11(16)7-5-10/h4-7,13,20H,8-9H2,1-3H3. The zero-order valence-corrected chi connectivity index (χ0v) is 11.9. The molecule has 20 heavy (non-hydrogen) atoms. The van der Waals surface area contributed by atoms with Gasteiger partial charge in [0.2, 0.25) is 5.91 Å². The summed E-state index contributed by atoms with van der Waals surface area (Å²) in [5, 5.41) is 12.2. The molecule has 1 aromatic carbocycles. The van der Waals surface area contributed by atoms with Crippen LogP contribution in [-0.2, 0) is 4.79 Å². The summed E-state index contributed by atoms with van der Waals surface area (Å²) in [7, 11) is 0. The monoisotopic (exact) mass is 278 g/mol. The fourth-order valence-electron chi connectivity index (χ4n) is 2.69. The average molecular weight is 278 g/mol. The maximum absolute atomic E-state index is 13.1. The second-order valence-corrected chi connectivity index (χ2v) is 6.05. The van der Waals surface area contributed by atoms with E-state index in [-0.39, 0.29) is 29.7 Å². The van der Waals surface area contributed by atoms with Crippen LogP contribution < -0.4 is 0 Å². The summed E-state index contributed by atoms with van der Waals surface area (Å²) in [6.07, 6.45) is 0.594. The van der Waals surface area contributed by atoms with Crippen molar-refractivity contribution < 1.29 is 14.4 Å². The van der Waals surface area contributed by atoms with Crippen LogP contribution in [0.5, 0.6) is 0 Å². The third-order valence-electron chi connectivity index (χ3n) is 3.48. The van der Waals surface area contributed by atoms with E-state index in [4.69, 9.17) is 5.21 Å². The molecule has 4 nitrogen and oxygen atoms in total. The van der Waals surface area contributed by atoms with E-state index in [0.29, 0.717) is 12.1 Å². The Morgan fingerprint density at radius 3 is 2.40 bits per heavy atom. The molecule has 1 saturated heterocycles. The highest BCUT2D eigenvalue weighted by atomic mass is 19.1. The van der Waals surface area contributed by atoms with Gasteiger partial charge in [-0.05, 0) is 38.5 Å². The van der Waals surface area contributed by atoms with Gasteiger partial charge in [0, 0.05) is 12.0 Å². The number of halogens is 1. The van der Waals surface area contributed by atoms with Gasteiger partial charge >= 0.3 is 0 Å². The Balaban J connectivity index is 2.43. The summed E-state index contributed by atoms with van der Waals surface area (Å²) >= 11 is 0. The van der Waals surface area contributed by atoms with Crippen molar-refractivity contribution in [3.63, 3.8) is 0 Å². The fourth-order valence-corrected chi connectivity index (χ4v) is 2.69. The van der Waals surface area contributed by atoms with E-state index < -0.39 is 0 Å². The van der Waals surface area contributed by atoms with Crippen LogP contribution in [0.2, 0.25) is 0 Å². The van der Waals surface area contributed by atoms with Crippen molar-refractivity contribution >= 4 is 11.6 Å². The number of amides is 1. The second kappa shape index (κ2) is 5.23. The molecule has 0 spiro atoms. The number of rotatable bonds is 1. The van der Waals surface area contributed by atoms with Crippen LogP contribution >= 0.6 is 0 Å². The van der Waals surface area contributed by atoms with E-state index in [1.807, 2.05) is 20.8 Å². The molecule has 0 radical (unpaired) electrons. The van der Waals surface area contributed by atoms with Crippen molar-refractivity contribution in [1.29, 1.82) is 0 Å². The number of hydrogen-bond donors (Lipinski definition) is 1. The van der Waals surface area contributed by atoms with Crippen LogP contribution in [-0.4, -0.2) is 27.3 Å². The van der Waals surface area contributed by atoms with Crippen LogP contribution in [0.15, 0.2) is 29.4 Å². The second-order valence-electron chi connectivity index (χ2n) is 6.05. The number of likely N-dealkylation sites (tertiary alicyclic amines) is 1. The van der Waals surface area contributed by atoms with Gasteiger partial charge in [-0.25, -0.2) is 4.39 Å². The lowest BCUT2D eigenvalue weighted by Crippen LogP contribution is -2.51. The van der Waals surface area contributed by atoms with E-state index in [1.165, 1.54) is 12.1 Å². The molecule has 1 atom stereocenters. The summed E-state index contributed by atoms with van der Waals surface area (Å²) < 4.78 is 13.1. The molecule has 1 amide bonds. The predicted molar refractivity (Wildman–Crippen MR) is 74.2 cm³/mol. The minimum absolute atomic E-state index is 0.0779.